The minimum absolute atomic E-state index is 0.0238. The first-order valence-corrected chi connectivity index (χ1v) is 14.0. The van der Waals surface area contributed by atoms with E-state index in [9.17, 15) is 9.59 Å². The molecule has 0 unspecified atom stereocenters. The van der Waals surface area contributed by atoms with Crippen LogP contribution < -0.4 is 0 Å². The molecule has 0 N–H and O–H groups in total. The van der Waals surface area contributed by atoms with Gasteiger partial charge in [-0.05, 0) is 32.7 Å². The third-order valence-electron chi connectivity index (χ3n) is 5.44. The summed E-state index contributed by atoms with van der Waals surface area (Å²) in [5.74, 6) is -0.0476. The minimum atomic E-state index is -0.0238. The molecular formula is C30H20O2S3. The lowest BCUT2D eigenvalue weighted by atomic mass is 9.98. The minimum Gasteiger partial charge on any atom is -0.289 e. The second kappa shape index (κ2) is 11.0. The summed E-state index contributed by atoms with van der Waals surface area (Å²) in [5, 5.41) is 0. The Labute approximate surface area is 216 Å². The molecule has 0 bridgehead atoms. The lowest BCUT2D eigenvalue weighted by molar-refractivity contribution is 0.104. The van der Waals surface area contributed by atoms with E-state index < -0.39 is 0 Å². The molecule has 35 heavy (non-hydrogen) atoms. The fourth-order valence-corrected chi connectivity index (χ4v) is 8.38. The highest BCUT2D eigenvalue weighted by Crippen LogP contribution is 2.61. The third-order valence-corrected chi connectivity index (χ3v) is 9.89. The molecule has 1 aliphatic heterocycles. The summed E-state index contributed by atoms with van der Waals surface area (Å²) in [4.78, 5) is 27.3. The largest absolute Gasteiger partial charge is 0.289 e. The molecule has 1 fully saturated rings. The van der Waals surface area contributed by atoms with Gasteiger partial charge in [0.05, 0.1) is 19.6 Å². The predicted octanol–water partition coefficient (Wildman–Crippen LogP) is 8.62. The van der Waals surface area contributed by atoms with Crippen molar-refractivity contribution in [2.24, 2.45) is 0 Å². The molecule has 170 valence electrons. The molecule has 0 saturated carbocycles. The second-order valence-electron chi connectivity index (χ2n) is 7.72. The van der Waals surface area contributed by atoms with E-state index in [-0.39, 0.29) is 11.6 Å². The van der Waals surface area contributed by atoms with E-state index in [2.05, 4.69) is 0 Å². The van der Waals surface area contributed by atoms with Crippen LogP contribution in [0.3, 0.4) is 0 Å². The molecule has 4 aromatic carbocycles. The third kappa shape index (κ3) is 5.22. The zero-order valence-corrected chi connectivity index (χ0v) is 21.0. The van der Waals surface area contributed by atoms with Gasteiger partial charge in [-0.25, -0.2) is 0 Å². The molecule has 1 saturated heterocycles. The molecule has 0 spiro atoms. The van der Waals surface area contributed by atoms with Crippen LogP contribution in [0, 0.1) is 0 Å². The molecule has 1 heterocycles. The Kier molecular flexibility index (Phi) is 7.38. The van der Waals surface area contributed by atoms with Gasteiger partial charge in [0.15, 0.2) is 11.6 Å². The Morgan fingerprint density at radius 2 is 0.686 bits per heavy atom. The van der Waals surface area contributed by atoms with Gasteiger partial charge < -0.3 is 0 Å². The van der Waals surface area contributed by atoms with Gasteiger partial charge in [-0.2, -0.15) is 0 Å². The molecule has 5 rings (SSSR count). The van der Waals surface area contributed by atoms with E-state index in [1.807, 2.05) is 121 Å². The quantitative estimate of drug-likeness (QED) is 0.148. The maximum atomic E-state index is 13.7. The fourth-order valence-electron chi connectivity index (χ4n) is 3.74. The van der Waals surface area contributed by atoms with Gasteiger partial charge in [-0.1, -0.05) is 133 Å². The Balaban J connectivity index is 1.63. The van der Waals surface area contributed by atoms with Crippen molar-refractivity contribution in [3.05, 3.63) is 152 Å². The van der Waals surface area contributed by atoms with Crippen molar-refractivity contribution in [2.75, 3.05) is 0 Å². The Morgan fingerprint density at radius 3 is 1.00 bits per heavy atom. The zero-order chi connectivity index (χ0) is 24.0. The van der Waals surface area contributed by atoms with E-state index in [0.717, 1.165) is 19.6 Å². The van der Waals surface area contributed by atoms with Gasteiger partial charge in [-0.15, -0.1) is 0 Å². The lowest BCUT2D eigenvalue weighted by Gasteiger charge is -2.11. The number of benzene rings is 4. The van der Waals surface area contributed by atoms with Crippen molar-refractivity contribution < 1.29 is 9.59 Å². The van der Waals surface area contributed by atoms with E-state index in [0.29, 0.717) is 22.3 Å². The molecule has 1 aliphatic rings. The predicted molar refractivity (Wildman–Crippen MR) is 151 cm³/mol. The monoisotopic (exact) mass is 508 g/mol. The Hall–Kier alpha value is -3.25. The Morgan fingerprint density at radius 1 is 0.400 bits per heavy atom. The summed E-state index contributed by atoms with van der Waals surface area (Å²) in [5.41, 5.74) is 4.35. The number of carbonyl (C=O) groups is 2. The van der Waals surface area contributed by atoms with Crippen LogP contribution >= 0.6 is 33.3 Å². The van der Waals surface area contributed by atoms with E-state index >= 15 is 0 Å². The number of thioether (sulfide) groups is 1. The first-order chi connectivity index (χ1) is 17.2. The molecule has 0 aliphatic carbocycles. The second-order valence-corrected chi connectivity index (χ2v) is 11.4. The van der Waals surface area contributed by atoms with Gasteiger partial charge in [0, 0.05) is 11.1 Å². The summed E-state index contributed by atoms with van der Waals surface area (Å²) in [6.45, 7) is 0. The van der Waals surface area contributed by atoms with Gasteiger partial charge in [0.25, 0.3) is 0 Å². The number of hydrogen-bond acceptors (Lipinski definition) is 5. The van der Waals surface area contributed by atoms with Crippen LogP contribution in [0.25, 0.3) is 11.1 Å². The average Bonchev–Trinajstić information content (AvgIpc) is 3.40. The molecule has 0 radical (unpaired) electrons. The van der Waals surface area contributed by atoms with Gasteiger partial charge >= 0.3 is 0 Å². The van der Waals surface area contributed by atoms with Crippen molar-refractivity contribution >= 4 is 56.1 Å². The number of ketones is 2. The van der Waals surface area contributed by atoms with Gasteiger partial charge in [-0.3, -0.25) is 9.59 Å². The lowest BCUT2D eigenvalue weighted by Crippen LogP contribution is -2.04. The highest BCUT2D eigenvalue weighted by atomic mass is 33.1. The van der Waals surface area contributed by atoms with Crippen molar-refractivity contribution in [1.82, 2.24) is 0 Å². The standard InChI is InChI=1S/C30H20O2S3/c31-27(23-17-9-3-10-18-23)25(21-13-5-1-6-14-21)29-33-30(35-34-29)26(22-15-7-2-8-16-22)28(32)24-19-11-4-12-20-24/h1-20H/b29-25+,30-26+. The van der Waals surface area contributed by atoms with Crippen LogP contribution in [0.15, 0.2) is 130 Å². The number of carbonyl (C=O) groups excluding carboxylic acids is 2. The van der Waals surface area contributed by atoms with E-state index in [4.69, 9.17) is 0 Å². The van der Waals surface area contributed by atoms with Crippen LogP contribution in [0.5, 0.6) is 0 Å². The normalized spacial score (nSPS) is 16.0. The van der Waals surface area contributed by atoms with Crippen molar-refractivity contribution in [3.63, 3.8) is 0 Å². The molecular weight excluding hydrogens is 489 g/mol. The highest BCUT2D eigenvalue weighted by Gasteiger charge is 2.30. The highest BCUT2D eigenvalue weighted by molar-refractivity contribution is 8.87. The van der Waals surface area contributed by atoms with Crippen LogP contribution in [0.1, 0.15) is 31.8 Å². The van der Waals surface area contributed by atoms with Crippen molar-refractivity contribution in [2.45, 2.75) is 0 Å². The summed E-state index contributed by atoms with van der Waals surface area (Å²) < 4.78 is 1.78. The number of allylic oxidation sites excluding steroid dienone is 2. The van der Waals surface area contributed by atoms with Crippen LogP contribution in [0.4, 0.5) is 0 Å². The number of hydrogen-bond donors (Lipinski definition) is 0. The molecule has 0 amide bonds. The smallest absolute Gasteiger partial charge is 0.195 e. The molecule has 0 atom stereocenters. The maximum Gasteiger partial charge on any atom is 0.195 e. The Bertz CT molecular complexity index is 1300. The van der Waals surface area contributed by atoms with E-state index in [1.54, 1.807) is 21.6 Å². The average molecular weight is 509 g/mol. The topological polar surface area (TPSA) is 34.1 Å². The van der Waals surface area contributed by atoms with E-state index in [1.165, 1.54) is 11.8 Å². The van der Waals surface area contributed by atoms with Gasteiger partial charge in [0.1, 0.15) is 0 Å². The molecule has 0 aromatic heterocycles. The summed E-state index contributed by atoms with van der Waals surface area (Å²) in [6.07, 6.45) is 0. The molecule has 2 nitrogen and oxygen atoms in total. The van der Waals surface area contributed by atoms with Gasteiger partial charge in [0.2, 0.25) is 0 Å². The van der Waals surface area contributed by atoms with Crippen LogP contribution in [-0.2, 0) is 0 Å². The summed E-state index contributed by atoms with van der Waals surface area (Å²) in [6, 6.07) is 38.2. The van der Waals surface area contributed by atoms with Crippen LogP contribution in [-0.4, -0.2) is 11.6 Å². The maximum absolute atomic E-state index is 13.7. The summed E-state index contributed by atoms with van der Waals surface area (Å²) in [7, 11) is 3.08. The summed E-state index contributed by atoms with van der Waals surface area (Å²) >= 11 is 1.51. The van der Waals surface area contributed by atoms with Crippen LogP contribution in [0.2, 0.25) is 0 Å². The number of Topliss-reactive ketones (excluding diaryl/α,β-unsaturated/α-hetero) is 2. The first kappa shape index (κ1) is 23.5. The van der Waals surface area contributed by atoms with Crippen molar-refractivity contribution in [3.8, 4) is 0 Å². The fraction of sp³-hybridized carbons (Fsp3) is 0. The SMILES string of the molecule is O=C(/C(=C1/SS/C(=C(/C(=O)c2ccccc2)c2ccccc2)S1)c1ccccc1)c1ccccc1. The first-order valence-electron chi connectivity index (χ1n) is 11.0. The molecule has 4 aromatic rings. The van der Waals surface area contributed by atoms with Crippen molar-refractivity contribution in [1.29, 1.82) is 0 Å². The molecule has 5 heteroatoms. The zero-order valence-electron chi connectivity index (χ0n) is 18.6. The number of rotatable bonds is 6.